The molecule has 0 aromatic heterocycles. The Morgan fingerprint density at radius 2 is 1.92 bits per heavy atom. The van der Waals surface area contributed by atoms with E-state index in [9.17, 15) is 0 Å². The maximum Gasteiger partial charge on any atom is 0.0685 e. The summed E-state index contributed by atoms with van der Waals surface area (Å²) in [6.07, 6.45) is 0. The molecule has 1 atom stereocenters. The van der Waals surface area contributed by atoms with Crippen LogP contribution < -0.4 is 0 Å². The molecule has 0 spiro atoms. The summed E-state index contributed by atoms with van der Waals surface area (Å²) in [6.45, 7) is 2.25. The first-order valence-corrected chi connectivity index (χ1v) is 4.52. The van der Waals surface area contributed by atoms with Gasteiger partial charge in [0.2, 0.25) is 0 Å². The molecule has 0 saturated heterocycles. The summed E-state index contributed by atoms with van der Waals surface area (Å²) in [6, 6.07) is 8.35. The summed E-state index contributed by atoms with van der Waals surface area (Å²) in [5.41, 5.74) is 2.22. The van der Waals surface area contributed by atoms with E-state index < -0.39 is 0 Å². The van der Waals surface area contributed by atoms with Gasteiger partial charge in [-0.15, -0.1) is 0 Å². The average molecular weight is 179 g/mol. The largest absolute Gasteiger partial charge is 0.392 e. The average Bonchev–Trinajstić information content (AvgIpc) is 2.16. The molecule has 0 radical (unpaired) electrons. The van der Waals surface area contributed by atoms with Crippen molar-refractivity contribution in [2.75, 3.05) is 14.1 Å². The lowest BCUT2D eigenvalue weighted by atomic mass is 10.0. The Kier molecular flexibility index (Phi) is 3.46. The van der Waals surface area contributed by atoms with Crippen LogP contribution in [-0.2, 0) is 6.61 Å². The predicted octanol–water partition coefficient (Wildman–Crippen LogP) is 1.80. The standard InChI is InChI=1S/C11H17NO/c1-9(12(2)3)11-7-5-4-6-10(11)8-13/h4-7,9,13H,8H2,1-3H3/t9-/m0/s1. The zero-order valence-corrected chi connectivity index (χ0v) is 8.49. The molecule has 0 bridgehead atoms. The summed E-state index contributed by atoms with van der Waals surface area (Å²) >= 11 is 0. The van der Waals surface area contributed by atoms with Crippen molar-refractivity contribution in [2.24, 2.45) is 0 Å². The van der Waals surface area contributed by atoms with Gasteiger partial charge in [0.05, 0.1) is 6.61 Å². The molecule has 13 heavy (non-hydrogen) atoms. The lowest BCUT2D eigenvalue weighted by molar-refractivity contribution is 0.271. The minimum Gasteiger partial charge on any atom is -0.392 e. The molecule has 72 valence electrons. The molecule has 0 amide bonds. The Bertz CT molecular complexity index is 271. The predicted molar refractivity (Wildman–Crippen MR) is 54.5 cm³/mol. The van der Waals surface area contributed by atoms with Crippen molar-refractivity contribution in [3.8, 4) is 0 Å². The Hall–Kier alpha value is -0.860. The molecule has 0 heterocycles. The maximum absolute atomic E-state index is 9.13. The highest BCUT2D eigenvalue weighted by Gasteiger charge is 2.10. The van der Waals surface area contributed by atoms with Gasteiger partial charge < -0.3 is 10.0 Å². The van der Waals surface area contributed by atoms with Crippen molar-refractivity contribution < 1.29 is 5.11 Å². The highest BCUT2D eigenvalue weighted by atomic mass is 16.3. The highest BCUT2D eigenvalue weighted by Crippen LogP contribution is 2.21. The third kappa shape index (κ3) is 2.29. The van der Waals surface area contributed by atoms with Crippen LogP contribution in [-0.4, -0.2) is 24.1 Å². The number of hydrogen-bond donors (Lipinski definition) is 1. The second kappa shape index (κ2) is 4.40. The van der Waals surface area contributed by atoms with Crippen LogP contribution in [0.3, 0.4) is 0 Å². The van der Waals surface area contributed by atoms with Gasteiger partial charge in [0.1, 0.15) is 0 Å². The molecule has 0 aliphatic carbocycles. The van der Waals surface area contributed by atoms with Gasteiger partial charge in [0.15, 0.2) is 0 Å². The van der Waals surface area contributed by atoms with Crippen LogP contribution in [0.1, 0.15) is 24.1 Å². The van der Waals surface area contributed by atoms with Crippen LogP contribution in [0.4, 0.5) is 0 Å². The fourth-order valence-corrected chi connectivity index (χ4v) is 1.36. The van der Waals surface area contributed by atoms with Crippen LogP contribution in [0.5, 0.6) is 0 Å². The molecule has 0 aliphatic heterocycles. The third-order valence-electron chi connectivity index (χ3n) is 2.45. The molecular weight excluding hydrogens is 162 g/mol. The van der Waals surface area contributed by atoms with E-state index in [-0.39, 0.29) is 6.61 Å². The van der Waals surface area contributed by atoms with E-state index in [1.165, 1.54) is 5.56 Å². The second-order valence-electron chi connectivity index (χ2n) is 3.50. The minimum absolute atomic E-state index is 0.119. The molecule has 2 nitrogen and oxygen atoms in total. The molecular formula is C11H17NO. The zero-order valence-electron chi connectivity index (χ0n) is 8.49. The van der Waals surface area contributed by atoms with Gasteiger partial charge in [-0.05, 0) is 32.1 Å². The van der Waals surface area contributed by atoms with Crippen molar-refractivity contribution >= 4 is 0 Å². The van der Waals surface area contributed by atoms with Crippen LogP contribution in [0.15, 0.2) is 24.3 Å². The molecule has 0 aliphatic rings. The van der Waals surface area contributed by atoms with Crippen molar-refractivity contribution in [2.45, 2.75) is 19.6 Å². The first kappa shape index (κ1) is 10.2. The number of benzene rings is 1. The minimum atomic E-state index is 0.119. The van der Waals surface area contributed by atoms with Crippen LogP contribution in [0.25, 0.3) is 0 Å². The lowest BCUT2D eigenvalue weighted by Crippen LogP contribution is -2.18. The van der Waals surface area contributed by atoms with E-state index in [0.29, 0.717) is 6.04 Å². The topological polar surface area (TPSA) is 23.5 Å². The van der Waals surface area contributed by atoms with Gasteiger partial charge in [-0.25, -0.2) is 0 Å². The zero-order chi connectivity index (χ0) is 9.84. The smallest absolute Gasteiger partial charge is 0.0685 e. The summed E-state index contributed by atoms with van der Waals surface area (Å²) < 4.78 is 0. The van der Waals surface area contributed by atoms with E-state index >= 15 is 0 Å². The SMILES string of the molecule is C[C@@H](c1ccccc1CO)N(C)C. The van der Waals surface area contributed by atoms with E-state index in [0.717, 1.165) is 5.56 Å². The quantitative estimate of drug-likeness (QED) is 0.764. The number of nitrogens with zero attached hydrogens (tertiary/aromatic N) is 1. The highest BCUT2D eigenvalue weighted by molar-refractivity contribution is 5.28. The van der Waals surface area contributed by atoms with Crippen LogP contribution >= 0.6 is 0 Å². The molecule has 0 fully saturated rings. The Labute approximate surface area is 79.8 Å². The molecule has 0 unspecified atom stereocenters. The molecule has 2 heteroatoms. The lowest BCUT2D eigenvalue weighted by Gasteiger charge is -2.22. The normalized spacial score (nSPS) is 13.3. The summed E-state index contributed by atoms with van der Waals surface area (Å²) in [4.78, 5) is 2.13. The maximum atomic E-state index is 9.13. The van der Waals surface area contributed by atoms with Crippen molar-refractivity contribution in [1.82, 2.24) is 4.90 Å². The van der Waals surface area contributed by atoms with Gasteiger partial charge >= 0.3 is 0 Å². The van der Waals surface area contributed by atoms with Crippen LogP contribution in [0.2, 0.25) is 0 Å². The monoisotopic (exact) mass is 179 g/mol. The summed E-state index contributed by atoms with van der Waals surface area (Å²) in [5.74, 6) is 0. The fourth-order valence-electron chi connectivity index (χ4n) is 1.36. The second-order valence-corrected chi connectivity index (χ2v) is 3.50. The number of hydrogen-bond acceptors (Lipinski definition) is 2. The number of rotatable bonds is 3. The van der Waals surface area contributed by atoms with E-state index in [4.69, 9.17) is 5.11 Å². The van der Waals surface area contributed by atoms with Gasteiger partial charge in [0, 0.05) is 6.04 Å². The molecule has 1 N–H and O–H groups in total. The fraction of sp³-hybridized carbons (Fsp3) is 0.455. The third-order valence-corrected chi connectivity index (χ3v) is 2.45. The first-order valence-electron chi connectivity index (χ1n) is 4.52. The van der Waals surface area contributed by atoms with Crippen molar-refractivity contribution in [3.63, 3.8) is 0 Å². The Morgan fingerprint density at radius 1 is 1.31 bits per heavy atom. The molecule has 1 aromatic carbocycles. The van der Waals surface area contributed by atoms with Gasteiger partial charge in [0.25, 0.3) is 0 Å². The summed E-state index contributed by atoms with van der Waals surface area (Å²) in [5, 5.41) is 9.13. The van der Waals surface area contributed by atoms with Gasteiger partial charge in [-0.1, -0.05) is 24.3 Å². The van der Waals surface area contributed by atoms with Crippen molar-refractivity contribution in [3.05, 3.63) is 35.4 Å². The van der Waals surface area contributed by atoms with Gasteiger partial charge in [-0.3, -0.25) is 0 Å². The van der Waals surface area contributed by atoms with Crippen molar-refractivity contribution in [1.29, 1.82) is 0 Å². The molecule has 1 aromatic rings. The van der Waals surface area contributed by atoms with E-state index in [2.05, 4.69) is 17.9 Å². The first-order chi connectivity index (χ1) is 6.16. The van der Waals surface area contributed by atoms with Crippen LogP contribution in [0, 0.1) is 0 Å². The number of aliphatic hydroxyl groups excluding tert-OH is 1. The van der Waals surface area contributed by atoms with E-state index in [1.54, 1.807) is 0 Å². The molecule has 1 rings (SSSR count). The Balaban J connectivity index is 2.98. The summed E-state index contributed by atoms with van der Waals surface area (Å²) in [7, 11) is 4.08. The van der Waals surface area contributed by atoms with E-state index in [1.807, 2.05) is 32.3 Å². The Morgan fingerprint density at radius 3 is 2.46 bits per heavy atom. The van der Waals surface area contributed by atoms with Gasteiger partial charge in [-0.2, -0.15) is 0 Å². The number of aliphatic hydroxyl groups is 1. The molecule has 0 saturated carbocycles.